The van der Waals surface area contributed by atoms with Crippen molar-refractivity contribution in [3.8, 4) is 5.75 Å². The zero-order valence-corrected chi connectivity index (χ0v) is 10.9. The molecular weight excluding hydrogens is 231 g/mol. The van der Waals surface area contributed by atoms with E-state index in [2.05, 4.69) is 12.3 Å². The first-order valence-corrected chi connectivity index (χ1v) is 6.46. The molecule has 3 atom stereocenters. The molecule has 1 aliphatic rings. The topological polar surface area (TPSA) is 47.3 Å². The van der Waals surface area contributed by atoms with Gasteiger partial charge in [-0.3, -0.25) is 11.3 Å². The van der Waals surface area contributed by atoms with Gasteiger partial charge < -0.3 is 4.74 Å². The third-order valence-electron chi connectivity index (χ3n) is 3.93. The highest BCUT2D eigenvalue weighted by Gasteiger charge is 2.31. The largest absolute Gasteiger partial charge is 0.494 e. The summed E-state index contributed by atoms with van der Waals surface area (Å²) in [6.07, 6.45) is 3.37. The molecule has 3 unspecified atom stereocenters. The van der Waals surface area contributed by atoms with Crippen LogP contribution in [-0.2, 0) is 0 Å². The van der Waals surface area contributed by atoms with Gasteiger partial charge >= 0.3 is 0 Å². The van der Waals surface area contributed by atoms with Gasteiger partial charge in [-0.15, -0.1) is 0 Å². The maximum Gasteiger partial charge on any atom is 0.169 e. The van der Waals surface area contributed by atoms with Crippen molar-refractivity contribution < 1.29 is 9.13 Å². The predicted molar refractivity (Wildman–Crippen MR) is 69.5 cm³/mol. The highest BCUT2D eigenvalue weighted by atomic mass is 19.1. The Morgan fingerprint density at radius 1 is 1.44 bits per heavy atom. The second-order valence-corrected chi connectivity index (χ2v) is 5.19. The lowest BCUT2D eigenvalue weighted by molar-refractivity contribution is 0.340. The van der Waals surface area contributed by atoms with E-state index in [0.717, 1.165) is 12.8 Å². The van der Waals surface area contributed by atoms with Crippen LogP contribution < -0.4 is 16.0 Å². The van der Waals surface area contributed by atoms with E-state index in [4.69, 9.17) is 10.6 Å². The van der Waals surface area contributed by atoms with Crippen molar-refractivity contribution in [2.24, 2.45) is 17.7 Å². The van der Waals surface area contributed by atoms with E-state index >= 15 is 0 Å². The molecule has 1 aromatic rings. The fourth-order valence-electron chi connectivity index (χ4n) is 2.96. The lowest BCUT2D eigenvalue weighted by atomic mass is 9.91. The molecule has 0 bridgehead atoms. The molecular formula is C14H21FN2O. The van der Waals surface area contributed by atoms with E-state index in [9.17, 15) is 4.39 Å². The molecule has 3 N–H and O–H groups in total. The van der Waals surface area contributed by atoms with Crippen molar-refractivity contribution in [1.29, 1.82) is 0 Å². The maximum atomic E-state index is 14.2. The van der Waals surface area contributed by atoms with Gasteiger partial charge in [0.2, 0.25) is 0 Å². The van der Waals surface area contributed by atoms with Crippen LogP contribution in [0.5, 0.6) is 5.75 Å². The molecule has 1 saturated carbocycles. The van der Waals surface area contributed by atoms with Gasteiger partial charge in [-0.05, 0) is 30.7 Å². The Morgan fingerprint density at radius 3 is 2.78 bits per heavy atom. The van der Waals surface area contributed by atoms with E-state index in [-0.39, 0.29) is 17.6 Å². The quantitative estimate of drug-likeness (QED) is 0.640. The summed E-state index contributed by atoms with van der Waals surface area (Å²) in [6.45, 7) is 2.23. The Kier molecular flexibility index (Phi) is 4.19. The van der Waals surface area contributed by atoms with Gasteiger partial charge in [0.15, 0.2) is 11.6 Å². The normalized spacial score (nSPS) is 25.1. The summed E-state index contributed by atoms with van der Waals surface area (Å²) in [5.41, 5.74) is 3.38. The van der Waals surface area contributed by atoms with Crippen molar-refractivity contribution in [3.05, 3.63) is 29.6 Å². The highest BCUT2D eigenvalue weighted by Crippen LogP contribution is 2.40. The Labute approximate surface area is 107 Å². The molecule has 100 valence electrons. The molecule has 0 radical (unpaired) electrons. The second-order valence-electron chi connectivity index (χ2n) is 5.19. The van der Waals surface area contributed by atoms with Gasteiger partial charge in [-0.2, -0.15) is 0 Å². The first-order chi connectivity index (χ1) is 8.67. The summed E-state index contributed by atoms with van der Waals surface area (Å²) in [4.78, 5) is 0. The third kappa shape index (κ3) is 2.49. The van der Waals surface area contributed by atoms with Crippen molar-refractivity contribution >= 4 is 0 Å². The van der Waals surface area contributed by atoms with Crippen LogP contribution in [0.3, 0.4) is 0 Å². The molecule has 3 nitrogen and oxygen atoms in total. The van der Waals surface area contributed by atoms with Gasteiger partial charge in [0.05, 0.1) is 13.2 Å². The third-order valence-corrected chi connectivity index (χ3v) is 3.93. The van der Waals surface area contributed by atoms with Crippen LogP contribution >= 0.6 is 0 Å². The number of rotatable bonds is 4. The minimum Gasteiger partial charge on any atom is -0.494 e. The average Bonchev–Trinajstić information content (AvgIpc) is 2.79. The van der Waals surface area contributed by atoms with E-state index in [0.29, 0.717) is 17.4 Å². The summed E-state index contributed by atoms with van der Waals surface area (Å²) >= 11 is 0. The lowest BCUT2D eigenvalue weighted by Crippen LogP contribution is -2.33. The summed E-state index contributed by atoms with van der Waals surface area (Å²) in [6, 6.07) is 5.08. The maximum absolute atomic E-state index is 14.2. The minimum atomic E-state index is -0.303. The molecule has 18 heavy (non-hydrogen) atoms. The molecule has 0 amide bonds. The summed E-state index contributed by atoms with van der Waals surface area (Å²) in [5, 5.41) is 0. The Balaban J connectivity index is 2.27. The Bertz CT molecular complexity index is 411. The van der Waals surface area contributed by atoms with Crippen LogP contribution in [0.2, 0.25) is 0 Å². The number of hydrogen-bond donors (Lipinski definition) is 2. The van der Waals surface area contributed by atoms with Crippen LogP contribution in [0, 0.1) is 17.7 Å². The zero-order valence-electron chi connectivity index (χ0n) is 10.9. The second kappa shape index (κ2) is 5.67. The molecule has 0 saturated heterocycles. The number of hydrazine groups is 1. The van der Waals surface area contributed by atoms with E-state index in [1.54, 1.807) is 18.2 Å². The van der Waals surface area contributed by atoms with Crippen LogP contribution in [0.15, 0.2) is 18.2 Å². The molecule has 0 spiro atoms. The number of ether oxygens (including phenoxy) is 1. The average molecular weight is 252 g/mol. The van der Waals surface area contributed by atoms with Crippen LogP contribution in [0.4, 0.5) is 4.39 Å². The van der Waals surface area contributed by atoms with Crippen molar-refractivity contribution in [2.75, 3.05) is 7.11 Å². The molecule has 2 rings (SSSR count). The number of benzene rings is 1. The van der Waals surface area contributed by atoms with Gasteiger partial charge in [0.1, 0.15) is 0 Å². The first-order valence-electron chi connectivity index (χ1n) is 6.46. The summed E-state index contributed by atoms with van der Waals surface area (Å²) in [7, 11) is 1.48. The van der Waals surface area contributed by atoms with Gasteiger partial charge in [-0.25, -0.2) is 4.39 Å². The molecule has 0 aromatic heterocycles. The standard InChI is InChI=1S/C14H21FN2O/c1-9-6-7-10(8-9)14(17-16)11-4-3-5-12(18-2)13(11)15/h3-5,9-10,14,17H,6-8,16H2,1-2H3. The predicted octanol–water partition coefficient (Wildman–Crippen LogP) is 2.77. The van der Waals surface area contributed by atoms with Crippen LogP contribution in [-0.4, -0.2) is 7.11 Å². The monoisotopic (exact) mass is 252 g/mol. The number of hydrogen-bond acceptors (Lipinski definition) is 3. The van der Waals surface area contributed by atoms with Crippen molar-refractivity contribution in [1.82, 2.24) is 5.43 Å². The number of halogens is 1. The van der Waals surface area contributed by atoms with Crippen molar-refractivity contribution in [3.63, 3.8) is 0 Å². The smallest absolute Gasteiger partial charge is 0.169 e. The van der Waals surface area contributed by atoms with E-state index < -0.39 is 0 Å². The van der Waals surface area contributed by atoms with E-state index in [1.165, 1.54) is 13.5 Å². The van der Waals surface area contributed by atoms with Crippen molar-refractivity contribution in [2.45, 2.75) is 32.2 Å². The molecule has 0 aliphatic heterocycles. The number of methoxy groups -OCH3 is 1. The fourth-order valence-corrected chi connectivity index (χ4v) is 2.96. The molecule has 4 heteroatoms. The number of nitrogens with two attached hydrogens (primary N) is 1. The van der Waals surface area contributed by atoms with Gasteiger partial charge in [0.25, 0.3) is 0 Å². The first kappa shape index (κ1) is 13.3. The number of nitrogens with one attached hydrogen (secondary N) is 1. The van der Waals surface area contributed by atoms with Gasteiger partial charge in [0, 0.05) is 5.56 Å². The van der Waals surface area contributed by atoms with Gasteiger partial charge in [-0.1, -0.05) is 25.5 Å². The molecule has 0 heterocycles. The van der Waals surface area contributed by atoms with Crippen LogP contribution in [0.25, 0.3) is 0 Å². The molecule has 1 fully saturated rings. The SMILES string of the molecule is COc1cccc(C(NN)C2CCC(C)C2)c1F. The molecule has 1 aromatic carbocycles. The summed E-state index contributed by atoms with van der Waals surface area (Å²) in [5.74, 6) is 6.70. The zero-order chi connectivity index (χ0) is 13.1. The van der Waals surface area contributed by atoms with Crippen LogP contribution in [0.1, 0.15) is 37.8 Å². The highest BCUT2D eigenvalue weighted by molar-refractivity contribution is 5.33. The Morgan fingerprint density at radius 2 is 2.22 bits per heavy atom. The summed E-state index contributed by atoms with van der Waals surface area (Å²) < 4.78 is 19.3. The van der Waals surface area contributed by atoms with E-state index in [1.807, 2.05) is 0 Å². The minimum absolute atomic E-state index is 0.134. The lowest BCUT2D eigenvalue weighted by Gasteiger charge is -2.24. The Hall–Kier alpha value is -1.13. The fraction of sp³-hybridized carbons (Fsp3) is 0.571. The molecule has 1 aliphatic carbocycles.